The molecule has 0 aliphatic rings. The maximum Gasteiger partial charge on any atom is 0.275 e. The Morgan fingerprint density at radius 3 is 2.70 bits per heavy atom. The van der Waals surface area contributed by atoms with Crippen LogP contribution in [-0.2, 0) is 5.75 Å². The molecule has 9 heteroatoms. The molecule has 5 aromatic rings. The largest absolute Gasteiger partial charge is 0.355 e. The van der Waals surface area contributed by atoms with Crippen molar-refractivity contribution >= 4 is 34.4 Å². The van der Waals surface area contributed by atoms with Gasteiger partial charge in [-0.3, -0.25) is 9.78 Å². The molecule has 3 heterocycles. The Kier molecular flexibility index (Phi) is 4.86. The second kappa shape index (κ2) is 7.81. The molecule has 0 radical (unpaired) electrons. The number of aromatic nitrogens is 5. The van der Waals surface area contributed by atoms with Gasteiger partial charge in [-0.2, -0.15) is 4.98 Å². The SMILES string of the molecule is O=c1[nH]c(SCc2nc(-c3cccc(Cl)c3)no2)nc2c(-c3ccccc3)c[nH]c12. The standard InChI is InChI=1S/C21H14ClN5O2S/c22-14-8-4-7-13(9-14)19-24-16(29-27-19)11-30-21-25-17-15(12-5-2-1-3-6-12)10-23-18(17)20(28)26-21/h1-10,23H,11H2,(H,25,26,28). The molecular formula is C21H14ClN5O2S. The molecule has 0 aliphatic heterocycles. The summed E-state index contributed by atoms with van der Waals surface area (Å²) in [5.41, 5.74) is 3.47. The monoisotopic (exact) mass is 435 g/mol. The van der Waals surface area contributed by atoms with Crippen LogP contribution in [0.3, 0.4) is 0 Å². The van der Waals surface area contributed by atoms with Crippen LogP contribution >= 0.6 is 23.4 Å². The molecule has 0 amide bonds. The smallest absolute Gasteiger partial charge is 0.275 e. The maximum atomic E-state index is 12.5. The number of H-pyrrole nitrogens is 2. The summed E-state index contributed by atoms with van der Waals surface area (Å²) in [6, 6.07) is 17.0. The van der Waals surface area contributed by atoms with Gasteiger partial charge in [0.1, 0.15) is 11.0 Å². The van der Waals surface area contributed by atoms with Crippen molar-refractivity contribution in [1.29, 1.82) is 0 Å². The van der Waals surface area contributed by atoms with E-state index in [1.807, 2.05) is 42.5 Å². The van der Waals surface area contributed by atoms with Crippen LogP contribution in [-0.4, -0.2) is 25.1 Å². The van der Waals surface area contributed by atoms with Gasteiger partial charge in [0, 0.05) is 22.3 Å². The predicted octanol–water partition coefficient (Wildman–Crippen LogP) is 4.91. The Bertz CT molecular complexity index is 1390. The third-order valence-electron chi connectivity index (χ3n) is 4.48. The zero-order valence-electron chi connectivity index (χ0n) is 15.4. The summed E-state index contributed by atoms with van der Waals surface area (Å²) in [6.07, 6.45) is 1.80. The summed E-state index contributed by atoms with van der Waals surface area (Å²) in [4.78, 5) is 27.3. The van der Waals surface area contributed by atoms with E-state index in [4.69, 9.17) is 16.1 Å². The highest BCUT2D eigenvalue weighted by atomic mass is 35.5. The molecule has 148 valence electrons. The molecule has 0 spiro atoms. The summed E-state index contributed by atoms with van der Waals surface area (Å²) in [6.45, 7) is 0. The molecule has 0 fully saturated rings. The third kappa shape index (κ3) is 3.62. The molecule has 0 bridgehead atoms. The van der Waals surface area contributed by atoms with Crippen LogP contribution in [0, 0.1) is 0 Å². The van der Waals surface area contributed by atoms with Crippen LogP contribution in [0.25, 0.3) is 33.5 Å². The average molecular weight is 436 g/mol. The molecule has 0 saturated carbocycles. The van der Waals surface area contributed by atoms with Gasteiger partial charge < -0.3 is 9.51 Å². The Morgan fingerprint density at radius 2 is 1.87 bits per heavy atom. The van der Waals surface area contributed by atoms with Gasteiger partial charge in [0.2, 0.25) is 11.7 Å². The van der Waals surface area contributed by atoms with Crippen molar-refractivity contribution in [1.82, 2.24) is 25.1 Å². The lowest BCUT2D eigenvalue weighted by Crippen LogP contribution is -2.09. The fourth-order valence-electron chi connectivity index (χ4n) is 3.09. The van der Waals surface area contributed by atoms with E-state index in [1.54, 1.807) is 18.3 Å². The average Bonchev–Trinajstić information content (AvgIpc) is 3.40. The van der Waals surface area contributed by atoms with Gasteiger partial charge >= 0.3 is 0 Å². The Hall–Kier alpha value is -3.36. The lowest BCUT2D eigenvalue weighted by atomic mass is 10.1. The maximum absolute atomic E-state index is 12.5. The molecule has 2 aromatic carbocycles. The first kappa shape index (κ1) is 18.7. The fourth-order valence-corrected chi connectivity index (χ4v) is 3.98. The van der Waals surface area contributed by atoms with E-state index in [2.05, 4.69) is 25.1 Å². The third-order valence-corrected chi connectivity index (χ3v) is 5.57. The second-order valence-corrected chi connectivity index (χ2v) is 7.87. The minimum Gasteiger partial charge on any atom is -0.355 e. The van der Waals surface area contributed by atoms with Crippen molar-refractivity contribution in [3.05, 3.63) is 82.1 Å². The first-order valence-corrected chi connectivity index (χ1v) is 10.4. The number of hydrogen-bond acceptors (Lipinski definition) is 6. The fraction of sp³-hybridized carbons (Fsp3) is 0.0476. The lowest BCUT2D eigenvalue weighted by molar-refractivity contribution is 0.391. The molecule has 5 rings (SSSR count). The van der Waals surface area contributed by atoms with E-state index in [0.29, 0.717) is 38.7 Å². The summed E-state index contributed by atoms with van der Waals surface area (Å²) in [7, 11) is 0. The number of rotatable bonds is 5. The molecule has 0 aliphatic carbocycles. The quantitative estimate of drug-likeness (QED) is 0.300. The number of nitrogens with one attached hydrogen (secondary N) is 2. The molecule has 30 heavy (non-hydrogen) atoms. The zero-order valence-corrected chi connectivity index (χ0v) is 17.0. The second-order valence-electron chi connectivity index (χ2n) is 6.47. The van der Waals surface area contributed by atoms with Crippen molar-refractivity contribution < 1.29 is 4.52 Å². The first-order valence-electron chi connectivity index (χ1n) is 9.05. The Labute approximate surface area is 179 Å². The molecule has 3 aromatic heterocycles. The van der Waals surface area contributed by atoms with Crippen LogP contribution in [0.15, 0.2) is 75.3 Å². The summed E-state index contributed by atoms with van der Waals surface area (Å²) < 4.78 is 5.33. The van der Waals surface area contributed by atoms with Gasteiger partial charge in [0.25, 0.3) is 5.56 Å². The predicted molar refractivity (Wildman–Crippen MR) is 116 cm³/mol. The summed E-state index contributed by atoms with van der Waals surface area (Å²) in [5.74, 6) is 1.25. The number of thioether (sulfide) groups is 1. The van der Waals surface area contributed by atoms with Crippen molar-refractivity contribution in [2.75, 3.05) is 0 Å². The zero-order chi connectivity index (χ0) is 20.5. The van der Waals surface area contributed by atoms with Gasteiger partial charge in [0.05, 0.1) is 5.75 Å². The normalized spacial score (nSPS) is 11.2. The molecule has 0 unspecified atom stereocenters. The number of halogens is 1. The summed E-state index contributed by atoms with van der Waals surface area (Å²) in [5, 5.41) is 5.08. The number of fused-ring (bicyclic) bond motifs is 1. The van der Waals surface area contributed by atoms with Crippen molar-refractivity contribution in [2.45, 2.75) is 10.9 Å². The highest BCUT2D eigenvalue weighted by Crippen LogP contribution is 2.28. The number of aromatic amines is 2. The highest BCUT2D eigenvalue weighted by molar-refractivity contribution is 7.98. The first-order chi connectivity index (χ1) is 14.7. The van der Waals surface area contributed by atoms with Gasteiger partial charge in [-0.05, 0) is 17.7 Å². The van der Waals surface area contributed by atoms with Gasteiger partial charge in [-0.15, -0.1) is 0 Å². The highest BCUT2D eigenvalue weighted by Gasteiger charge is 2.14. The number of hydrogen-bond donors (Lipinski definition) is 2. The van der Waals surface area contributed by atoms with Crippen LogP contribution in [0.1, 0.15) is 5.89 Å². The lowest BCUT2D eigenvalue weighted by Gasteiger charge is -2.01. The van der Waals surface area contributed by atoms with E-state index in [1.165, 1.54) is 11.8 Å². The molecule has 2 N–H and O–H groups in total. The van der Waals surface area contributed by atoms with Crippen LogP contribution in [0.2, 0.25) is 5.02 Å². The Balaban J connectivity index is 1.40. The van der Waals surface area contributed by atoms with Crippen LogP contribution in [0.4, 0.5) is 0 Å². The summed E-state index contributed by atoms with van der Waals surface area (Å²) >= 11 is 7.34. The van der Waals surface area contributed by atoms with Crippen molar-refractivity contribution in [3.63, 3.8) is 0 Å². The van der Waals surface area contributed by atoms with E-state index in [0.717, 1.165) is 16.7 Å². The van der Waals surface area contributed by atoms with E-state index in [-0.39, 0.29) is 5.56 Å². The number of nitrogens with zero attached hydrogens (tertiary/aromatic N) is 3. The van der Waals surface area contributed by atoms with Crippen LogP contribution in [0.5, 0.6) is 0 Å². The minimum atomic E-state index is -0.227. The van der Waals surface area contributed by atoms with E-state index >= 15 is 0 Å². The van der Waals surface area contributed by atoms with E-state index in [9.17, 15) is 4.79 Å². The van der Waals surface area contributed by atoms with Gasteiger partial charge in [-0.1, -0.05) is 71.0 Å². The van der Waals surface area contributed by atoms with Gasteiger partial charge in [-0.25, -0.2) is 4.98 Å². The van der Waals surface area contributed by atoms with Crippen molar-refractivity contribution in [2.24, 2.45) is 0 Å². The van der Waals surface area contributed by atoms with Gasteiger partial charge in [0.15, 0.2) is 5.16 Å². The Morgan fingerprint density at radius 1 is 1.03 bits per heavy atom. The number of benzene rings is 2. The molecule has 0 atom stereocenters. The molecular weight excluding hydrogens is 422 g/mol. The minimum absolute atomic E-state index is 0.227. The molecule has 0 saturated heterocycles. The molecule has 7 nitrogen and oxygen atoms in total. The van der Waals surface area contributed by atoms with Crippen molar-refractivity contribution in [3.8, 4) is 22.5 Å². The van der Waals surface area contributed by atoms with E-state index < -0.39 is 0 Å². The van der Waals surface area contributed by atoms with Crippen LogP contribution < -0.4 is 5.56 Å². The topological polar surface area (TPSA) is 100 Å².